The van der Waals surface area contributed by atoms with Crippen LogP contribution in [0.25, 0.3) is 10.8 Å². The lowest BCUT2D eigenvalue weighted by molar-refractivity contribution is 0.0638. The molecular weight excluding hydrogens is 286 g/mol. The maximum absolute atomic E-state index is 12.6. The number of hydrogen-bond acceptors (Lipinski definition) is 3. The Labute approximate surface area is 129 Å². The summed E-state index contributed by atoms with van der Waals surface area (Å²) >= 11 is 6.20. The molecule has 1 aromatic heterocycles. The highest BCUT2D eigenvalue weighted by Crippen LogP contribution is 2.23. The van der Waals surface area contributed by atoms with E-state index in [2.05, 4.69) is 16.8 Å². The SMILES string of the molecule is CCN1CCN(C(=O)c2cc3ccccc3c(Cl)n2)CC1. The number of fused-ring (bicyclic) bond motifs is 1. The molecule has 3 rings (SSSR count). The van der Waals surface area contributed by atoms with Crippen LogP contribution < -0.4 is 0 Å². The summed E-state index contributed by atoms with van der Waals surface area (Å²) in [7, 11) is 0. The van der Waals surface area contributed by atoms with Gasteiger partial charge in [-0.1, -0.05) is 42.8 Å². The first kappa shape index (κ1) is 14.3. The van der Waals surface area contributed by atoms with E-state index >= 15 is 0 Å². The minimum Gasteiger partial charge on any atom is -0.335 e. The number of halogens is 1. The number of carbonyl (C=O) groups excluding carboxylic acids is 1. The van der Waals surface area contributed by atoms with Gasteiger partial charge in [-0.15, -0.1) is 0 Å². The second-order valence-electron chi connectivity index (χ2n) is 5.25. The lowest BCUT2D eigenvalue weighted by Crippen LogP contribution is -2.48. The van der Waals surface area contributed by atoms with Crippen molar-refractivity contribution in [3.63, 3.8) is 0 Å². The quantitative estimate of drug-likeness (QED) is 0.800. The topological polar surface area (TPSA) is 36.4 Å². The number of piperazine rings is 1. The van der Waals surface area contributed by atoms with E-state index in [-0.39, 0.29) is 5.91 Å². The van der Waals surface area contributed by atoms with Crippen LogP contribution in [0.2, 0.25) is 5.15 Å². The van der Waals surface area contributed by atoms with Gasteiger partial charge in [0.15, 0.2) is 0 Å². The highest BCUT2D eigenvalue weighted by atomic mass is 35.5. The molecule has 1 aromatic carbocycles. The smallest absolute Gasteiger partial charge is 0.272 e. The van der Waals surface area contributed by atoms with Crippen LogP contribution in [-0.4, -0.2) is 53.4 Å². The van der Waals surface area contributed by atoms with Gasteiger partial charge in [0.1, 0.15) is 10.8 Å². The van der Waals surface area contributed by atoms with Gasteiger partial charge >= 0.3 is 0 Å². The van der Waals surface area contributed by atoms with Crippen molar-refractivity contribution in [3.05, 3.63) is 41.2 Å². The van der Waals surface area contributed by atoms with Gasteiger partial charge in [-0.25, -0.2) is 4.98 Å². The van der Waals surface area contributed by atoms with Crippen molar-refractivity contribution >= 4 is 28.3 Å². The first-order valence-corrected chi connectivity index (χ1v) is 7.63. The number of amides is 1. The maximum atomic E-state index is 12.6. The Morgan fingerprint density at radius 3 is 2.67 bits per heavy atom. The van der Waals surface area contributed by atoms with Crippen LogP contribution in [0.15, 0.2) is 30.3 Å². The molecule has 21 heavy (non-hydrogen) atoms. The summed E-state index contributed by atoms with van der Waals surface area (Å²) in [5, 5.41) is 2.23. The second kappa shape index (κ2) is 6.00. The largest absolute Gasteiger partial charge is 0.335 e. The van der Waals surface area contributed by atoms with Crippen LogP contribution in [0.1, 0.15) is 17.4 Å². The van der Waals surface area contributed by atoms with E-state index in [0.717, 1.165) is 43.5 Å². The van der Waals surface area contributed by atoms with Crippen molar-refractivity contribution in [2.45, 2.75) is 6.92 Å². The molecule has 0 atom stereocenters. The summed E-state index contributed by atoms with van der Waals surface area (Å²) in [5.74, 6) is -0.0293. The van der Waals surface area contributed by atoms with Crippen molar-refractivity contribution in [2.75, 3.05) is 32.7 Å². The van der Waals surface area contributed by atoms with Crippen LogP contribution >= 0.6 is 11.6 Å². The Hall–Kier alpha value is -1.65. The van der Waals surface area contributed by atoms with E-state index in [1.807, 2.05) is 35.2 Å². The molecule has 1 aliphatic rings. The number of hydrogen-bond donors (Lipinski definition) is 0. The highest BCUT2D eigenvalue weighted by Gasteiger charge is 2.22. The number of likely N-dealkylation sites (N-methyl/N-ethyl adjacent to an activating group) is 1. The molecule has 5 heteroatoms. The van der Waals surface area contributed by atoms with Gasteiger partial charge in [0.05, 0.1) is 0 Å². The third-order valence-corrected chi connectivity index (χ3v) is 4.31. The number of rotatable bonds is 2. The van der Waals surface area contributed by atoms with Gasteiger partial charge < -0.3 is 9.80 Å². The van der Waals surface area contributed by atoms with Crippen molar-refractivity contribution in [2.24, 2.45) is 0 Å². The van der Waals surface area contributed by atoms with E-state index in [0.29, 0.717) is 10.8 Å². The Bertz CT molecular complexity index is 666. The number of benzene rings is 1. The summed E-state index contributed by atoms with van der Waals surface area (Å²) in [6.07, 6.45) is 0. The summed E-state index contributed by atoms with van der Waals surface area (Å²) in [6, 6.07) is 9.55. The number of aromatic nitrogens is 1. The third kappa shape index (κ3) is 2.87. The molecule has 2 aromatic rings. The van der Waals surface area contributed by atoms with Crippen LogP contribution in [0, 0.1) is 0 Å². The lowest BCUT2D eigenvalue weighted by Gasteiger charge is -2.33. The molecule has 0 radical (unpaired) electrons. The predicted octanol–water partition coefficient (Wildman–Crippen LogP) is 2.67. The standard InChI is InChI=1S/C16H18ClN3O/c1-2-19-7-9-20(10-8-19)16(21)14-11-12-5-3-4-6-13(12)15(17)18-14/h3-6,11H,2,7-10H2,1H3. The molecule has 110 valence electrons. The first-order valence-electron chi connectivity index (χ1n) is 7.26. The molecule has 1 amide bonds. The van der Waals surface area contributed by atoms with Crippen molar-refractivity contribution < 1.29 is 4.79 Å². The van der Waals surface area contributed by atoms with Gasteiger partial charge in [0.2, 0.25) is 0 Å². The van der Waals surface area contributed by atoms with Gasteiger partial charge in [0.25, 0.3) is 5.91 Å². The summed E-state index contributed by atoms with van der Waals surface area (Å²) < 4.78 is 0. The number of nitrogens with zero attached hydrogens (tertiary/aromatic N) is 3. The Kier molecular flexibility index (Phi) is 4.08. The molecule has 1 fully saturated rings. The fourth-order valence-electron chi connectivity index (χ4n) is 2.70. The molecule has 4 nitrogen and oxygen atoms in total. The zero-order valence-corrected chi connectivity index (χ0v) is 12.8. The number of pyridine rings is 1. The van der Waals surface area contributed by atoms with E-state index < -0.39 is 0 Å². The van der Waals surface area contributed by atoms with E-state index in [9.17, 15) is 4.79 Å². The molecule has 0 spiro atoms. The lowest BCUT2D eigenvalue weighted by atomic mass is 10.1. The van der Waals surface area contributed by atoms with Crippen molar-refractivity contribution in [3.8, 4) is 0 Å². The third-order valence-electron chi connectivity index (χ3n) is 4.02. The fraction of sp³-hybridized carbons (Fsp3) is 0.375. The fourth-order valence-corrected chi connectivity index (χ4v) is 2.96. The molecule has 1 aliphatic heterocycles. The average Bonchev–Trinajstić information content (AvgIpc) is 2.54. The van der Waals surface area contributed by atoms with E-state index in [1.54, 1.807) is 0 Å². The van der Waals surface area contributed by atoms with E-state index in [1.165, 1.54) is 0 Å². The molecule has 1 saturated heterocycles. The molecular formula is C16H18ClN3O. The first-order chi connectivity index (χ1) is 10.2. The van der Waals surface area contributed by atoms with Crippen LogP contribution in [-0.2, 0) is 0 Å². The Morgan fingerprint density at radius 1 is 1.24 bits per heavy atom. The Balaban J connectivity index is 1.85. The van der Waals surface area contributed by atoms with Crippen LogP contribution in [0.5, 0.6) is 0 Å². The van der Waals surface area contributed by atoms with Crippen molar-refractivity contribution in [1.29, 1.82) is 0 Å². The molecule has 0 aliphatic carbocycles. The number of carbonyl (C=O) groups is 1. The van der Waals surface area contributed by atoms with Gasteiger partial charge in [0, 0.05) is 31.6 Å². The van der Waals surface area contributed by atoms with Gasteiger partial charge in [-0.2, -0.15) is 0 Å². The highest BCUT2D eigenvalue weighted by molar-refractivity contribution is 6.34. The van der Waals surface area contributed by atoms with E-state index in [4.69, 9.17) is 11.6 Å². The van der Waals surface area contributed by atoms with Crippen LogP contribution in [0.3, 0.4) is 0 Å². The van der Waals surface area contributed by atoms with Crippen molar-refractivity contribution in [1.82, 2.24) is 14.8 Å². The predicted molar refractivity (Wildman–Crippen MR) is 84.8 cm³/mol. The Morgan fingerprint density at radius 2 is 1.95 bits per heavy atom. The van der Waals surface area contributed by atoms with Gasteiger partial charge in [-0.3, -0.25) is 4.79 Å². The minimum absolute atomic E-state index is 0.0293. The average molecular weight is 304 g/mol. The normalized spacial score (nSPS) is 16.4. The maximum Gasteiger partial charge on any atom is 0.272 e. The second-order valence-corrected chi connectivity index (χ2v) is 5.60. The summed E-state index contributed by atoms with van der Waals surface area (Å²) in [6.45, 7) is 6.51. The zero-order valence-electron chi connectivity index (χ0n) is 12.1. The zero-order chi connectivity index (χ0) is 14.8. The molecule has 0 bridgehead atoms. The monoisotopic (exact) mass is 303 g/mol. The molecule has 0 unspecified atom stereocenters. The summed E-state index contributed by atoms with van der Waals surface area (Å²) in [5.41, 5.74) is 0.434. The molecule has 2 heterocycles. The van der Waals surface area contributed by atoms with Gasteiger partial charge in [-0.05, 0) is 18.0 Å². The molecule has 0 N–H and O–H groups in total. The summed E-state index contributed by atoms with van der Waals surface area (Å²) in [4.78, 5) is 21.1. The minimum atomic E-state index is -0.0293. The van der Waals surface area contributed by atoms with Crippen LogP contribution in [0.4, 0.5) is 0 Å². The molecule has 0 saturated carbocycles.